The Kier molecular flexibility index (Phi) is 3.07. The van der Waals surface area contributed by atoms with E-state index in [0.29, 0.717) is 0 Å². The van der Waals surface area contributed by atoms with Crippen molar-refractivity contribution in [3.63, 3.8) is 0 Å². The molecule has 2 heterocycles. The molecule has 0 aliphatic carbocycles. The molecule has 0 fully saturated rings. The van der Waals surface area contributed by atoms with Gasteiger partial charge in [0.2, 0.25) is 0 Å². The third-order valence-corrected chi connectivity index (χ3v) is 4.39. The van der Waals surface area contributed by atoms with Crippen molar-refractivity contribution in [1.29, 1.82) is 0 Å². The second kappa shape index (κ2) is 4.85. The van der Waals surface area contributed by atoms with Crippen molar-refractivity contribution in [2.24, 2.45) is 0 Å². The van der Waals surface area contributed by atoms with Gasteiger partial charge in [0.05, 0.1) is 5.52 Å². The lowest BCUT2D eigenvalue weighted by molar-refractivity contribution is 1.05. The molecule has 0 radical (unpaired) electrons. The summed E-state index contributed by atoms with van der Waals surface area (Å²) in [5, 5.41) is 7.99. The quantitative estimate of drug-likeness (QED) is 0.766. The number of anilines is 1. The van der Waals surface area contributed by atoms with Gasteiger partial charge in [0, 0.05) is 16.8 Å². The molecule has 0 saturated carbocycles. The molecular formula is C13H12N2S2. The molecule has 1 N–H and O–H groups in total. The molecule has 2 nitrogen and oxygen atoms in total. The summed E-state index contributed by atoms with van der Waals surface area (Å²) >= 11 is 3.35. The van der Waals surface area contributed by atoms with Crippen LogP contribution < -0.4 is 5.32 Å². The lowest BCUT2D eigenvalue weighted by atomic mass is 10.2. The average Bonchev–Trinajstić information content (AvgIpc) is 2.99. The van der Waals surface area contributed by atoms with Gasteiger partial charge in [-0.25, -0.2) is 0 Å². The normalized spacial score (nSPS) is 10.8. The number of fused-ring (bicyclic) bond motifs is 1. The third-order valence-electron chi connectivity index (χ3n) is 2.62. The highest BCUT2D eigenvalue weighted by atomic mass is 32.1. The molecule has 2 aromatic heterocycles. The summed E-state index contributed by atoms with van der Waals surface area (Å²) in [5.41, 5.74) is 1.08. The molecular weight excluding hydrogens is 248 g/mol. The van der Waals surface area contributed by atoms with Crippen molar-refractivity contribution in [2.45, 2.75) is 6.42 Å². The van der Waals surface area contributed by atoms with Crippen LogP contribution in [0.2, 0.25) is 0 Å². The van der Waals surface area contributed by atoms with Crippen molar-refractivity contribution in [1.82, 2.24) is 4.37 Å². The van der Waals surface area contributed by atoms with E-state index in [0.717, 1.165) is 18.5 Å². The van der Waals surface area contributed by atoms with Crippen molar-refractivity contribution in [3.05, 3.63) is 46.7 Å². The molecule has 0 saturated heterocycles. The summed E-state index contributed by atoms with van der Waals surface area (Å²) in [6.07, 6.45) is 1.07. The van der Waals surface area contributed by atoms with Crippen LogP contribution in [0.5, 0.6) is 0 Å². The van der Waals surface area contributed by atoms with Crippen molar-refractivity contribution in [3.8, 4) is 0 Å². The SMILES string of the molecule is c1csc(CCNc2snc3ccccc23)c1. The first kappa shape index (κ1) is 10.7. The zero-order valence-corrected chi connectivity index (χ0v) is 10.9. The number of hydrogen-bond donors (Lipinski definition) is 1. The lowest BCUT2D eigenvalue weighted by Crippen LogP contribution is -2.02. The monoisotopic (exact) mass is 260 g/mol. The number of rotatable bonds is 4. The number of benzene rings is 1. The second-order valence-electron chi connectivity index (χ2n) is 3.78. The first-order valence-corrected chi connectivity index (χ1v) is 7.19. The van der Waals surface area contributed by atoms with Crippen LogP contribution in [0.3, 0.4) is 0 Å². The van der Waals surface area contributed by atoms with Crippen LogP contribution in [-0.4, -0.2) is 10.9 Å². The van der Waals surface area contributed by atoms with Gasteiger partial charge in [0.15, 0.2) is 0 Å². The first-order chi connectivity index (χ1) is 8.43. The van der Waals surface area contributed by atoms with Gasteiger partial charge in [-0.15, -0.1) is 11.3 Å². The molecule has 4 heteroatoms. The maximum Gasteiger partial charge on any atom is 0.117 e. The van der Waals surface area contributed by atoms with Gasteiger partial charge in [-0.2, -0.15) is 4.37 Å². The molecule has 0 bridgehead atoms. The van der Waals surface area contributed by atoms with E-state index in [1.807, 2.05) is 17.4 Å². The summed E-state index contributed by atoms with van der Waals surface area (Å²) in [6.45, 7) is 0.965. The Labute approximate surface area is 108 Å². The van der Waals surface area contributed by atoms with Crippen LogP contribution in [-0.2, 0) is 6.42 Å². The van der Waals surface area contributed by atoms with E-state index in [2.05, 4.69) is 45.4 Å². The van der Waals surface area contributed by atoms with E-state index in [9.17, 15) is 0 Å². The average molecular weight is 260 g/mol. The van der Waals surface area contributed by atoms with E-state index in [1.54, 1.807) is 11.5 Å². The minimum Gasteiger partial charge on any atom is -0.375 e. The number of thiophene rings is 1. The van der Waals surface area contributed by atoms with E-state index in [4.69, 9.17) is 0 Å². The maximum absolute atomic E-state index is 4.42. The Morgan fingerprint density at radius 2 is 2.06 bits per heavy atom. The highest BCUT2D eigenvalue weighted by Crippen LogP contribution is 2.27. The van der Waals surface area contributed by atoms with Gasteiger partial charge < -0.3 is 5.32 Å². The number of hydrogen-bond acceptors (Lipinski definition) is 4. The van der Waals surface area contributed by atoms with Crippen LogP contribution in [0.4, 0.5) is 5.00 Å². The molecule has 1 aromatic carbocycles. The lowest BCUT2D eigenvalue weighted by Gasteiger charge is -2.02. The third kappa shape index (κ3) is 2.33. The largest absolute Gasteiger partial charge is 0.375 e. The summed E-state index contributed by atoms with van der Waals surface area (Å²) in [5.74, 6) is 0. The molecule has 0 amide bonds. The van der Waals surface area contributed by atoms with Crippen LogP contribution in [0.25, 0.3) is 10.9 Å². The molecule has 0 aliphatic heterocycles. The first-order valence-electron chi connectivity index (χ1n) is 5.54. The molecule has 3 rings (SSSR count). The standard InChI is InChI=1S/C13H12N2S2/c1-2-6-12-11(5-1)13(17-15-12)14-8-7-10-4-3-9-16-10/h1-6,9,14H,7-8H2. The zero-order valence-electron chi connectivity index (χ0n) is 9.22. The molecule has 0 spiro atoms. The van der Waals surface area contributed by atoms with Crippen molar-refractivity contribution < 1.29 is 0 Å². The number of aromatic nitrogens is 1. The topological polar surface area (TPSA) is 24.9 Å². The van der Waals surface area contributed by atoms with E-state index < -0.39 is 0 Å². The van der Waals surface area contributed by atoms with E-state index >= 15 is 0 Å². The number of nitrogens with zero attached hydrogens (tertiary/aromatic N) is 1. The zero-order chi connectivity index (χ0) is 11.5. The van der Waals surface area contributed by atoms with Crippen molar-refractivity contribution in [2.75, 3.05) is 11.9 Å². The van der Waals surface area contributed by atoms with Crippen LogP contribution in [0, 0.1) is 0 Å². The Balaban J connectivity index is 1.69. The van der Waals surface area contributed by atoms with Gasteiger partial charge in [-0.1, -0.05) is 18.2 Å². The van der Waals surface area contributed by atoms with E-state index in [1.165, 1.54) is 15.3 Å². The Bertz CT molecular complexity index is 599. The molecule has 86 valence electrons. The molecule has 0 aliphatic rings. The van der Waals surface area contributed by atoms with Crippen LogP contribution >= 0.6 is 22.9 Å². The van der Waals surface area contributed by atoms with Gasteiger partial charge in [-0.05, 0) is 41.5 Å². The van der Waals surface area contributed by atoms with Gasteiger partial charge in [0.1, 0.15) is 5.00 Å². The smallest absolute Gasteiger partial charge is 0.117 e. The molecule has 3 aromatic rings. The van der Waals surface area contributed by atoms with E-state index in [-0.39, 0.29) is 0 Å². The maximum atomic E-state index is 4.42. The van der Waals surface area contributed by atoms with Crippen molar-refractivity contribution >= 4 is 38.8 Å². The van der Waals surface area contributed by atoms with Crippen LogP contribution in [0.1, 0.15) is 4.88 Å². The summed E-state index contributed by atoms with van der Waals surface area (Å²) in [4.78, 5) is 1.42. The minimum atomic E-state index is 0.965. The highest BCUT2D eigenvalue weighted by molar-refractivity contribution is 7.11. The Morgan fingerprint density at radius 3 is 2.94 bits per heavy atom. The van der Waals surface area contributed by atoms with Gasteiger partial charge in [-0.3, -0.25) is 0 Å². The Hall–Kier alpha value is -1.39. The fourth-order valence-electron chi connectivity index (χ4n) is 1.77. The van der Waals surface area contributed by atoms with Gasteiger partial charge in [0.25, 0.3) is 0 Å². The summed E-state index contributed by atoms with van der Waals surface area (Å²) < 4.78 is 4.42. The fourth-order valence-corrected chi connectivity index (χ4v) is 3.27. The summed E-state index contributed by atoms with van der Waals surface area (Å²) in [7, 11) is 0. The second-order valence-corrected chi connectivity index (χ2v) is 5.59. The van der Waals surface area contributed by atoms with Crippen LogP contribution in [0.15, 0.2) is 41.8 Å². The Morgan fingerprint density at radius 1 is 1.12 bits per heavy atom. The molecule has 17 heavy (non-hydrogen) atoms. The number of nitrogens with one attached hydrogen (secondary N) is 1. The highest BCUT2D eigenvalue weighted by Gasteiger charge is 2.04. The minimum absolute atomic E-state index is 0.965. The van der Waals surface area contributed by atoms with Gasteiger partial charge >= 0.3 is 0 Å². The predicted molar refractivity (Wildman–Crippen MR) is 76.1 cm³/mol. The molecule has 0 atom stereocenters. The predicted octanol–water partition coefficient (Wildman–Crippen LogP) is 4.01. The molecule has 0 unspecified atom stereocenters. The fraction of sp³-hybridized carbons (Fsp3) is 0.154. The summed E-state index contributed by atoms with van der Waals surface area (Å²) in [6, 6.07) is 12.5.